The predicted molar refractivity (Wildman–Crippen MR) is 77.2 cm³/mol. The minimum absolute atomic E-state index is 0.0557. The van der Waals surface area contributed by atoms with Crippen LogP contribution in [-0.4, -0.2) is 16.1 Å². The Bertz CT molecular complexity index is 572. The maximum Gasteiger partial charge on any atom is 0.337 e. The largest absolute Gasteiger partial charge is 0.478 e. The van der Waals surface area contributed by atoms with E-state index in [-0.39, 0.29) is 16.6 Å². The standard InChI is InChI=1S/C13H13ClN2O2S/c1-2-9(10-4-3-7-19-10)16-12-11(14)8(13(17)18)5-6-15-12/h3-7,9H,2H2,1H3,(H,15,16)(H,17,18). The van der Waals surface area contributed by atoms with E-state index in [1.807, 2.05) is 24.4 Å². The van der Waals surface area contributed by atoms with Crippen LogP contribution in [0.5, 0.6) is 0 Å². The van der Waals surface area contributed by atoms with Gasteiger partial charge in [0, 0.05) is 11.1 Å². The summed E-state index contributed by atoms with van der Waals surface area (Å²) in [6.45, 7) is 2.05. The second-order valence-electron chi connectivity index (χ2n) is 3.95. The van der Waals surface area contributed by atoms with Gasteiger partial charge in [-0.1, -0.05) is 24.6 Å². The van der Waals surface area contributed by atoms with Crippen molar-refractivity contribution in [3.05, 3.63) is 45.2 Å². The molecule has 0 radical (unpaired) electrons. The number of rotatable bonds is 5. The molecule has 6 heteroatoms. The molecular weight excluding hydrogens is 284 g/mol. The molecule has 2 heterocycles. The lowest BCUT2D eigenvalue weighted by atomic mass is 10.2. The molecule has 1 atom stereocenters. The van der Waals surface area contributed by atoms with E-state index in [4.69, 9.17) is 16.7 Å². The zero-order valence-electron chi connectivity index (χ0n) is 10.3. The van der Waals surface area contributed by atoms with Gasteiger partial charge in [0.15, 0.2) is 0 Å². The molecule has 19 heavy (non-hydrogen) atoms. The van der Waals surface area contributed by atoms with Crippen LogP contribution in [0.1, 0.15) is 34.6 Å². The van der Waals surface area contributed by atoms with E-state index in [2.05, 4.69) is 10.3 Å². The van der Waals surface area contributed by atoms with E-state index in [1.54, 1.807) is 11.3 Å². The lowest BCUT2D eigenvalue weighted by Gasteiger charge is -2.17. The van der Waals surface area contributed by atoms with Crippen LogP contribution in [0.25, 0.3) is 0 Å². The Labute approximate surface area is 120 Å². The van der Waals surface area contributed by atoms with Crippen molar-refractivity contribution in [1.82, 2.24) is 4.98 Å². The van der Waals surface area contributed by atoms with E-state index < -0.39 is 5.97 Å². The topological polar surface area (TPSA) is 62.2 Å². The third-order valence-corrected chi connectivity index (χ3v) is 4.09. The van der Waals surface area contributed by atoms with Crippen molar-refractivity contribution in [2.45, 2.75) is 19.4 Å². The van der Waals surface area contributed by atoms with Crippen LogP contribution in [0.2, 0.25) is 5.02 Å². The smallest absolute Gasteiger partial charge is 0.337 e. The van der Waals surface area contributed by atoms with Gasteiger partial charge in [-0.3, -0.25) is 0 Å². The highest BCUT2D eigenvalue weighted by molar-refractivity contribution is 7.10. The highest BCUT2D eigenvalue weighted by Gasteiger charge is 2.17. The summed E-state index contributed by atoms with van der Waals surface area (Å²) in [5.41, 5.74) is 0.0557. The number of anilines is 1. The van der Waals surface area contributed by atoms with E-state index in [0.29, 0.717) is 5.82 Å². The van der Waals surface area contributed by atoms with E-state index in [0.717, 1.165) is 6.42 Å². The maximum absolute atomic E-state index is 11.0. The Morgan fingerprint density at radius 3 is 2.95 bits per heavy atom. The first-order chi connectivity index (χ1) is 9.13. The van der Waals surface area contributed by atoms with Gasteiger partial charge in [0.05, 0.1) is 16.6 Å². The van der Waals surface area contributed by atoms with Crippen molar-refractivity contribution < 1.29 is 9.90 Å². The van der Waals surface area contributed by atoms with Gasteiger partial charge in [0.25, 0.3) is 0 Å². The summed E-state index contributed by atoms with van der Waals surface area (Å²) < 4.78 is 0. The molecule has 100 valence electrons. The Morgan fingerprint density at radius 2 is 2.37 bits per heavy atom. The summed E-state index contributed by atoms with van der Waals surface area (Å²) >= 11 is 7.71. The minimum Gasteiger partial charge on any atom is -0.478 e. The molecule has 0 amide bonds. The molecular formula is C13H13ClN2O2S. The summed E-state index contributed by atoms with van der Waals surface area (Å²) in [6.07, 6.45) is 2.30. The number of aromatic carboxylic acids is 1. The van der Waals surface area contributed by atoms with Gasteiger partial charge < -0.3 is 10.4 Å². The van der Waals surface area contributed by atoms with Gasteiger partial charge in [0.2, 0.25) is 0 Å². The van der Waals surface area contributed by atoms with Gasteiger partial charge >= 0.3 is 5.97 Å². The minimum atomic E-state index is -1.06. The number of carboxylic acid groups (broad SMARTS) is 1. The number of nitrogens with zero attached hydrogens (tertiary/aromatic N) is 1. The first kappa shape index (κ1) is 13.8. The maximum atomic E-state index is 11.0. The number of pyridine rings is 1. The number of nitrogens with one attached hydrogen (secondary N) is 1. The third-order valence-electron chi connectivity index (χ3n) is 2.73. The van der Waals surface area contributed by atoms with Crippen molar-refractivity contribution in [2.24, 2.45) is 0 Å². The molecule has 4 nitrogen and oxygen atoms in total. The van der Waals surface area contributed by atoms with Crippen LogP contribution in [0.3, 0.4) is 0 Å². The normalized spacial score (nSPS) is 12.1. The number of aromatic nitrogens is 1. The van der Waals surface area contributed by atoms with Crippen LogP contribution in [0.4, 0.5) is 5.82 Å². The lowest BCUT2D eigenvalue weighted by molar-refractivity contribution is 0.0697. The SMILES string of the molecule is CCC(Nc1nccc(C(=O)O)c1Cl)c1cccs1. The zero-order chi connectivity index (χ0) is 13.8. The van der Waals surface area contributed by atoms with Crippen molar-refractivity contribution in [1.29, 1.82) is 0 Å². The third kappa shape index (κ3) is 3.05. The lowest BCUT2D eigenvalue weighted by Crippen LogP contribution is -2.11. The predicted octanol–water partition coefficient (Wildman–Crippen LogP) is 4.06. The second-order valence-corrected chi connectivity index (χ2v) is 5.30. The number of hydrogen-bond donors (Lipinski definition) is 2. The molecule has 0 saturated heterocycles. The van der Waals surface area contributed by atoms with Crippen molar-refractivity contribution >= 4 is 34.7 Å². The molecule has 1 unspecified atom stereocenters. The Balaban J connectivity index is 2.28. The highest BCUT2D eigenvalue weighted by atomic mass is 35.5. The number of carboxylic acids is 1. The van der Waals surface area contributed by atoms with Gasteiger partial charge in [-0.15, -0.1) is 11.3 Å². The van der Waals surface area contributed by atoms with Crippen LogP contribution >= 0.6 is 22.9 Å². The van der Waals surface area contributed by atoms with Gasteiger partial charge in [-0.05, 0) is 23.9 Å². The van der Waals surface area contributed by atoms with Crippen LogP contribution < -0.4 is 5.32 Å². The molecule has 0 fully saturated rings. The first-order valence-corrected chi connectivity index (χ1v) is 7.07. The Hall–Kier alpha value is -1.59. The van der Waals surface area contributed by atoms with Crippen molar-refractivity contribution in [3.8, 4) is 0 Å². The molecule has 2 aromatic heterocycles. The molecule has 0 aliphatic heterocycles. The monoisotopic (exact) mass is 296 g/mol. The van der Waals surface area contributed by atoms with Gasteiger partial charge in [-0.2, -0.15) is 0 Å². The summed E-state index contributed by atoms with van der Waals surface area (Å²) in [5, 5.41) is 14.4. The fourth-order valence-corrected chi connectivity index (χ4v) is 2.85. The summed E-state index contributed by atoms with van der Waals surface area (Å²) in [5.74, 6) is -0.651. The average Bonchev–Trinajstić information content (AvgIpc) is 2.91. The second kappa shape index (κ2) is 6.04. The molecule has 0 aromatic carbocycles. The first-order valence-electron chi connectivity index (χ1n) is 5.81. The molecule has 0 aliphatic carbocycles. The number of carbonyl (C=O) groups is 1. The van der Waals surface area contributed by atoms with Crippen LogP contribution in [0.15, 0.2) is 29.8 Å². The molecule has 2 rings (SSSR count). The quantitative estimate of drug-likeness (QED) is 0.873. The highest BCUT2D eigenvalue weighted by Crippen LogP contribution is 2.30. The summed E-state index contributed by atoms with van der Waals surface area (Å²) in [6, 6.07) is 5.48. The number of thiophene rings is 1. The van der Waals surface area contributed by atoms with E-state index >= 15 is 0 Å². The van der Waals surface area contributed by atoms with Crippen molar-refractivity contribution in [3.63, 3.8) is 0 Å². The summed E-state index contributed by atoms with van der Waals surface area (Å²) in [4.78, 5) is 16.3. The van der Waals surface area contributed by atoms with E-state index in [1.165, 1.54) is 17.1 Å². The van der Waals surface area contributed by atoms with Crippen LogP contribution in [-0.2, 0) is 0 Å². The molecule has 0 spiro atoms. The Kier molecular flexibility index (Phi) is 4.39. The summed E-state index contributed by atoms with van der Waals surface area (Å²) in [7, 11) is 0. The molecule has 2 N–H and O–H groups in total. The van der Waals surface area contributed by atoms with E-state index in [9.17, 15) is 4.79 Å². The number of halogens is 1. The molecule has 0 saturated carbocycles. The fraction of sp³-hybridized carbons (Fsp3) is 0.231. The van der Waals surface area contributed by atoms with Gasteiger partial charge in [0.1, 0.15) is 5.82 Å². The Morgan fingerprint density at radius 1 is 1.58 bits per heavy atom. The average molecular weight is 297 g/mol. The van der Waals surface area contributed by atoms with Crippen LogP contribution in [0, 0.1) is 0 Å². The zero-order valence-corrected chi connectivity index (χ0v) is 11.8. The molecule has 2 aromatic rings. The number of hydrogen-bond acceptors (Lipinski definition) is 4. The fourth-order valence-electron chi connectivity index (χ4n) is 1.74. The van der Waals surface area contributed by atoms with Gasteiger partial charge in [-0.25, -0.2) is 9.78 Å². The molecule has 0 aliphatic rings. The molecule has 0 bridgehead atoms. The van der Waals surface area contributed by atoms with Crippen molar-refractivity contribution in [2.75, 3.05) is 5.32 Å².